The van der Waals surface area contributed by atoms with Crippen LogP contribution in [0.4, 0.5) is 4.79 Å². The Labute approximate surface area is 142 Å². The zero-order valence-corrected chi connectivity index (χ0v) is 13.3. The fourth-order valence-electron chi connectivity index (χ4n) is 2.30. The van der Waals surface area contributed by atoms with Crippen molar-refractivity contribution in [2.75, 3.05) is 0 Å². The first-order valence-electron chi connectivity index (χ1n) is 7.11. The Kier molecular flexibility index (Phi) is 4.36. The Balaban J connectivity index is 1.84. The van der Waals surface area contributed by atoms with E-state index in [4.69, 9.17) is 5.26 Å². The number of aromatic hydroxyl groups is 1. The molecule has 1 heterocycles. The maximum Gasteiger partial charge on any atom is 0.293 e. The quantitative estimate of drug-likeness (QED) is 0.868. The number of phenolic OH excluding ortho intramolecular Hbond substituents is 1. The number of rotatable bonds is 3. The van der Waals surface area contributed by atoms with Gasteiger partial charge in [0.05, 0.1) is 23.1 Å². The molecule has 2 aromatic carbocycles. The maximum atomic E-state index is 12.5. The maximum absolute atomic E-state index is 12.5. The number of benzene rings is 2. The normalized spacial score (nSPS) is 15.8. The summed E-state index contributed by atoms with van der Waals surface area (Å²) in [6.07, 6.45) is 1.61. The molecule has 0 aromatic heterocycles. The molecule has 2 aromatic rings. The summed E-state index contributed by atoms with van der Waals surface area (Å²) in [5, 5.41) is 18.0. The molecule has 0 saturated carbocycles. The Morgan fingerprint density at radius 1 is 1.12 bits per heavy atom. The van der Waals surface area contributed by atoms with Crippen LogP contribution in [0.15, 0.2) is 53.4 Å². The summed E-state index contributed by atoms with van der Waals surface area (Å²) >= 11 is 0.867. The summed E-state index contributed by atoms with van der Waals surface area (Å²) < 4.78 is 0. The molecule has 6 heteroatoms. The molecule has 0 radical (unpaired) electrons. The molecular formula is C18H12N2O3S. The lowest BCUT2D eigenvalue weighted by Gasteiger charge is -2.13. The highest BCUT2D eigenvalue weighted by atomic mass is 32.2. The van der Waals surface area contributed by atoms with E-state index in [1.807, 2.05) is 0 Å². The highest BCUT2D eigenvalue weighted by molar-refractivity contribution is 8.18. The van der Waals surface area contributed by atoms with Crippen LogP contribution in [0.3, 0.4) is 0 Å². The van der Waals surface area contributed by atoms with Crippen molar-refractivity contribution in [3.8, 4) is 11.8 Å². The smallest absolute Gasteiger partial charge is 0.293 e. The SMILES string of the molecule is N#Cc1ccccc1CN1C(=O)S/C(=C\c2ccc(O)cc2)C1=O. The van der Waals surface area contributed by atoms with Crippen LogP contribution in [-0.4, -0.2) is 21.2 Å². The van der Waals surface area contributed by atoms with E-state index in [0.717, 1.165) is 22.2 Å². The molecule has 118 valence electrons. The third-order valence-electron chi connectivity index (χ3n) is 3.53. The zero-order chi connectivity index (χ0) is 17.1. The number of phenols is 1. The lowest BCUT2D eigenvalue weighted by molar-refractivity contribution is -0.123. The van der Waals surface area contributed by atoms with Crippen LogP contribution in [0.2, 0.25) is 0 Å². The van der Waals surface area contributed by atoms with Crippen molar-refractivity contribution >= 4 is 29.0 Å². The van der Waals surface area contributed by atoms with Crippen LogP contribution < -0.4 is 0 Å². The van der Waals surface area contributed by atoms with Gasteiger partial charge in [0.15, 0.2) is 0 Å². The molecule has 24 heavy (non-hydrogen) atoms. The Hall–Kier alpha value is -3.04. The van der Waals surface area contributed by atoms with Gasteiger partial charge in [0.1, 0.15) is 5.75 Å². The molecule has 1 aliphatic rings. The molecule has 3 rings (SSSR count). The standard InChI is InChI=1S/C18H12N2O3S/c19-10-13-3-1-2-4-14(13)11-20-17(22)16(24-18(20)23)9-12-5-7-15(21)8-6-12/h1-9,21H,11H2/b16-9-. The van der Waals surface area contributed by atoms with Crippen LogP contribution >= 0.6 is 11.8 Å². The van der Waals surface area contributed by atoms with Gasteiger partial charge in [-0.1, -0.05) is 30.3 Å². The minimum Gasteiger partial charge on any atom is -0.508 e. The molecule has 2 amide bonds. The molecule has 1 fully saturated rings. The number of imide groups is 1. The second-order valence-corrected chi connectivity index (χ2v) is 6.12. The number of carbonyl (C=O) groups excluding carboxylic acids is 2. The van der Waals surface area contributed by atoms with Crippen molar-refractivity contribution in [1.29, 1.82) is 5.26 Å². The van der Waals surface area contributed by atoms with Gasteiger partial charge in [0.2, 0.25) is 0 Å². The van der Waals surface area contributed by atoms with Gasteiger partial charge < -0.3 is 5.11 Å². The van der Waals surface area contributed by atoms with E-state index in [0.29, 0.717) is 16.0 Å². The lowest BCUT2D eigenvalue weighted by atomic mass is 10.1. The highest BCUT2D eigenvalue weighted by Crippen LogP contribution is 2.33. The average Bonchev–Trinajstić information content (AvgIpc) is 2.85. The number of hydrogen-bond donors (Lipinski definition) is 1. The van der Waals surface area contributed by atoms with Crippen LogP contribution in [0.5, 0.6) is 5.75 Å². The van der Waals surface area contributed by atoms with E-state index in [-0.39, 0.29) is 23.4 Å². The van der Waals surface area contributed by atoms with Crippen LogP contribution in [0.1, 0.15) is 16.7 Å². The van der Waals surface area contributed by atoms with Gasteiger partial charge in [0, 0.05) is 0 Å². The first kappa shape index (κ1) is 15.8. The number of nitrogens with zero attached hydrogens (tertiary/aromatic N) is 2. The molecule has 0 aliphatic carbocycles. The van der Waals surface area contributed by atoms with E-state index in [2.05, 4.69) is 6.07 Å². The van der Waals surface area contributed by atoms with E-state index in [1.165, 1.54) is 12.1 Å². The molecular weight excluding hydrogens is 324 g/mol. The number of hydrogen-bond acceptors (Lipinski definition) is 5. The molecule has 1 aliphatic heterocycles. The Morgan fingerprint density at radius 2 is 1.83 bits per heavy atom. The van der Waals surface area contributed by atoms with E-state index < -0.39 is 0 Å². The number of carbonyl (C=O) groups is 2. The van der Waals surface area contributed by atoms with Gasteiger partial charge in [-0.05, 0) is 47.2 Å². The minimum absolute atomic E-state index is 0.0708. The monoisotopic (exact) mass is 336 g/mol. The predicted octanol–water partition coefficient (Wildman–Crippen LogP) is 3.50. The minimum atomic E-state index is -0.384. The van der Waals surface area contributed by atoms with Gasteiger partial charge in [-0.25, -0.2) is 0 Å². The van der Waals surface area contributed by atoms with Crippen LogP contribution in [-0.2, 0) is 11.3 Å². The largest absolute Gasteiger partial charge is 0.508 e. The number of amides is 2. The molecule has 5 nitrogen and oxygen atoms in total. The molecule has 1 N–H and O–H groups in total. The van der Waals surface area contributed by atoms with Crippen LogP contribution in [0.25, 0.3) is 6.08 Å². The second kappa shape index (κ2) is 6.60. The topological polar surface area (TPSA) is 81.4 Å². The zero-order valence-electron chi connectivity index (χ0n) is 12.5. The van der Waals surface area contributed by atoms with Crippen molar-refractivity contribution in [3.63, 3.8) is 0 Å². The van der Waals surface area contributed by atoms with Crippen molar-refractivity contribution in [2.24, 2.45) is 0 Å². The van der Waals surface area contributed by atoms with Gasteiger partial charge in [0.25, 0.3) is 11.1 Å². The van der Waals surface area contributed by atoms with Crippen molar-refractivity contribution in [2.45, 2.75) is 6.54 Å². The van der Waals surface area contributed by atoms with E-state index in [1.54, 1.807) is 42.5 Å². The van der Waals surface area contributed by atoms with Gasteiger partial charge in [-0.2, -0.15) is 5.26 Å². The fraction of sp³-hybridized carbons (Fsp3) is 0.0556. The average molecular weight is 336 g/mol. The second-order valence-electron chi connectivity index (χ2n) is 5.13. The molecule has 1 saturated heterocycles. The van der Waals surface area contributed by atoms with Crippen molar-refractivity contribution in [3.05, 3.63) is 70.1 Å². The Morgan fingerprint density at radius 3 is 2.54 bits per heavy atom. The third-order valence-corrected chi connectivity index (χ3v) is 4.44. The molecule has 0 spiro atoms. The summed E-state index contributed by atoms with van der Waals surface area (Å²) in [7, 11) is 0. The summed E-state index contributed by atoms with van der Waals surface area (Å²) in [5.74, 6) is -0.251. The molecule has 0 atom stereocenters. The fourth-order valence-corrected chi connectivity index (χ4v) is 3.13. The predicted molar refractivity (Wildman–Crippen MR) is 90.8 cm³/mol. The Bertz CT molecular complexity index is 882. The van der Waals surface area contributed by atoms with E-state index >= 15 is 0 Å². The molecule has 0 unspecified atom stereocenters. The lowest BCUT2D eigenvalue weighted by Crippen LogP contribution is -2.27. The van der Waals surface area contributed by atoms with Crippen LogP contribution in [0, 0.1) is 11.3 Å². The van der Waals surface area contributed by atoms with Gasteiger partial charge >= 0.3 is 0 Å². The summed E-state index contributed by atoms with van der Waals surface area (Å²) in [4.78, 5) is 26.1. The highest BCUT2D eigenvalue weighted by Gasteiger charge is 2.35. The first-order chi connectivity index (χ1) is 11.6. The number of thioether (sulfide) groups is 1. The van der Waals surface area contributed by atoms with Crippen molar-refractivity contribution in [1.82, 2.24) is 4.90 Å². The summed E-state index contributed by atoms with van der Waals surface area (Å²) in [6, 6.07) is 15.3. The van der Waals surface area contributed by atoms with Gasteiger partial charge in [-0.15, -0.1) is 0 Å². The van der Waals surface area contributed by atoms with E-state index in [9.17, 15) is 14.7 Å². The summed E-state index contributed by atoms with van der Waals surface area (Å²) in [5.41, 5.74) is 1.79. The van der Waals surface area contributed by atoms with Gasteiger partial charge in [-0.3, -0.25) is 14.5 Å². The number of nitriles is 1. The summed E-state index contributed by atoms with van der Waals surface area (Å²) in [6.45, 7) is 0.0708. The van der Waals surface area contributed by atoms with Crippen molar-refractivity contribution < 1.29 is 14.7 Å². The molecule has 0 bridgehead atoms. The third kappa shape index (κ3) is 3.16. The first-order valence-corrected chi connectivity index (χ1v) is 7.92.